The van der Waals surface area contributed by atoms with Crippen molar-refractivity contribution in [3.63, 3.8) is 0 Å². The van der Waals surface area contributed by atoms with Crippen LogP contribution in [0, 0.1) is 0 Å². The molecule has 0 N–H and O–H groups in total. The predicted molar refractivity (Wildman–Crippen MR) is 343 cm³/mol. The van der Waals surface area contributed by atoms with Crippen molar-refractivity contribution < 1.29 is 36.8 Å². The van der Waals surface area contributed by atoms with E-state index in [0.29, 0.717) is 52.6 Å². The van der Waals surface area contributed by atoms with E-state index in [0.717, 1.165) is 66.8 Å². The maximum atomic E-state index is 15.3. The Bertz CT molecular complexity index is 3070. The van der Waals surface area contributed by atoms with Crippen LogP contribution in [0.25, 0.3) is 0 Å². The van der Waals surface area contributed by atoms with Crippen molar-refractivity contribution in [2.24, 2.45) is 0 Å². The van der Waals surface area contributed by atoms with E-state index in [4.69, 9.17) is 8.85 Å². The van der Waals surface area contributed by atoms with Gasteiger partial charge in [0.15, 0.2) is 0 Å². The molecule has 8 nitrogen and oxygen atoms in total. The average Bonchev–Trinajstić information content (AvgIpc) is 3.29. The van der Waals surface area contributed by atoms with Crippen LogP contribution in [0.15, 0.2) is 91.0 Å². The second kappa shape index (κ2) is 26.8. The molecule has 13 heteroatoms. The minimum absolute atomic E-state index is 0. The van der Waals surface area contributed by atoms with Gasteiger partial charge in [0.25, 0.3) is 0 Å². The van der Waals surface area contributed by atoms with Crippen LogP contribution in [0.4, 0.5) is 0 Å². The van der Waals surface area contributed by atoms with Gasteiger partial charge in [0.05, 0.1) is 0 Å². The van der Waals surface area contributed by atoms with E-state index < -0.39 is 41.0 Å². The fraction of sp³-hybridized carbons (Fsp3) is 0.471. The number of benzene rings is 6. The molecule has 0 amide bonds. The van der Waals surface area contributed by atoms with E-state index >= 15 is 10.2 Å². The third-order valence-corrected chi connectivity index (χ3v) is 16.9. The van der Waals surface area contributed by atoms with Crippen molar-refractivity contribution in [3.05, 3.63) is 174 Å². The molecule has 2 radical (unpaired) electrons. The molecule has 3 aliphatic rings. The molecule has 2 aliphatic heterocycles. The third-order valence-electron chi connectivity index (χ3n) is 14.3. The molecular formula is C68H91BiO8S3Si. The van der Waals surface area contributed by atoms with Crippen molar-refractivity contribution >= 4 is 72.3 Å². The van der Waals surface area contributed by atoms with Gasteiger partial charge in [-0.1, -0.05) is 228 Å². The molecule has 1 aliphatic carbocycles. The summed E-state index contributed by atoms with van der Waals surface area (Å²) < 4.78 is 43.8. The predicted octanol–water partition coefficient (Wildman–Crippen LogP) is 12.0. The first-order chi connectivity index (χ1) is 36.6. The molecule has 0 spiro atoms. The zero-order valence-corrected chi connectivity index (χ0v) is 59.6. The number of fused-ring (bicyclic) bond motifs is 2. The summed E-state index contributed by atoms with van der Waals surface area (Å²) in [5.41, 5.74) is 11.7. The standard InChI is InChI=1S/C62H76O5Si.3C2H6OS.Bi/c1-58(2,3)47-27-37-22-39-29-48(59(4,5)6)31-41(54(39)64)24-43-33-50(61(10,11)12)35-45-26-46-36-51(62(13,14)15)34-44(57(46)67-68(16,66-56(43)45)52-20-18-17-19-21-52)25-42-32-49(60(7,8)9)30-40(55(42)65)23-38(28-47)53(37)63;3*1-4(2)3;/h17-21,27-36,63-65H,22-26H2,1-16H3;3*1-2H3;/q;;;;+3/p-3. The summed E-state index contributed by atoms with van der Waals surface area (Å²) in [6.45, 7) is 35.0. The van der Waals surface area contributed by atoms with Gasteiger partial charge in [-0.05, 0) is 90.0 Å². The van der Waals surface area contributed by atoms with E-state index in [9.17, 15) is 17.7 Å². The van der Waals surface area contributed by atoms with E-state index in [1.165, 1.54) is 0 Å². The summed E-state index contributed by atoms with van der Waals surface area (Å²) in [4.78, 5) is 0. The molecule has 0 saturated carbocycles. The summed E-state index contributed by atoms with van der Waals surface area (Å²) in [5.74, 6) is 1.27. The molecular weight excluding hydrogens is 1280 g/mol. The maximum Gasteiger partial charge on any atom is 3.00 e. The summed E-state index contributed by atoms with van der Waals surface area (Å²) in [6.07, 6.45) is 11.4. The van der Waals surface area contributed by atoms with E-state index in [1.54, 1.807) is 37.5 Å². The first kappa shape index (κ1) is 69.4. The number of hydrogen-bond donors (Lipinski definition) is 0. The van der Waals surface area contributed by atoms with Crippen LogP contribution >= 0.6 is 0 Å². The zero-order chi connectivity index (χ0) is 60.4. The van der Waals surface area contributed by atoms with Gasteiger partial charge in [-0.25, -0.2) is 0 Å². The topological polar surface area (TPSA) is 139 Å². The summed E-state index contributed by atoms with van der Waals surface area (Å²) in [7, 11) is -5.25. The second-order valence-corrected chi connectivity index (χ2v) is 34.8. The molecule has 0 aromatic heterocycles. The Kier molecular flexibility index (Phi) is 23.0. The fourth-order valence-corrected chi connectivity index (χ4v) is 12.2. The minimum Gasteiger partial charge on any atom is -0.872 e. The fourth-order valence-electron chi connectivity index (χ4n) is 9.81. The molecule has 438 valence electrons. The Labute approximate surface area is 515 Å². The van der Waals surface area contributed by atoms with Gasteiger partial charge in [0.1, 0.15) is 11.5 Å². The zero-order valence-electron chi connectivity index (χ0n) is 52.6. The number of hydrogen-bond acceptors (Lipinski definition) is 8. The third kappa shape index (κ3) is 18.4. The van der Waals surface area contributed by atoms with Crippen molar-refractivity contribution in [2.75, 3.05) is 37.5 Å². The van der Waals surface area contributed by atoms with E-state index in [1.807, 2.05) is 42.5 Å². The van der Waals surface area contributed by atoms with Crippen LogP contribution in [0.2, 0.25) is 6.55 Å². The Balaban J connectivity index is 0.000000989. The summed E-state index contributed by atoms with van der Waals surface area (Å²) >= 11 is 0. The Morgan fingerprint density at radius 2 is 0.531 bits per heavy atom. The molecule has 0 saturated heterocycles. The van der Waals surface area contributed by atoms with Crippen LogP contribution < -0.4 is 29.4 Å². The molecule has 6 aromatic carbocycles. The van der Waals surface area contributed by atoms with Crippen LogP contribution in [0.5, 0.6) is 28.7 Å². The summed E-state index contributed by atoms with van der Waals surface area (Å²) in [5, 5.41) is 46.5. The van der Waals surface area contributed by atoms with Crippen LogP contribution in [0.1, 0.15) is 187 Å². The molecule has 0 unspecified atom stereocenters. The molecule has 81 heavy (non-hydrogen) atoms. The van der Waals surface area contributed by atoms with Crippen molar-refractivity contribution in [1.82, 2.24) is 0 Å². The quantitative estimate of drug-likeness (QED) is 0.148. The summed E-state index contributed by atoms with van der Waals surface area (Å²) in [6, 6.07) is 31.6. The Morgan fingerprint density at radius 3 is 0.728 bits per heavy atom. The van der Waals surface area contributed by atoms with E-state index in [-0.39, 0.29) is 83.4 Å². The van der Waals surface area contributed by atoms with E-state index in [2.05, 4.69) is 159 Å². The second-order valence-electron chi connectivity index (χ2n) is 27.5. The van der Waals surface area contributed by atoms with Crippen LogP contribution in [-0.4, -0.2) is 84.9 Å². The molecule has 9 rings (SSSR count). The van der Waals surface area contributed by atoms with Crippen LogP contribution in [0.3, 0.4) is 0 Å². The van der Waals surface area contributed by atoms with Crippen molar-refractivity contribution in [2.45, 2.75) is 170 Å². The molecule has 6 aromatic rings. The van der Waals surface area contributed by atoms with Gasteiger partial charge in [0, 0.05) is 101 Å². The largest absolute Gasteiger partial charge is 3.00 e. The van der Waals surface area contributed by atoms with Crippen molar-refractivity contribution in [1.29, 1.82) is 0 Å². The number of rotatable bonds is 1. The normalized spacial score (nSPS) is 14.1. The van der Waals surface area contributed by atoms with Gasteiger partial charge >= 0.3 is 34.8 Å². The maximum absolute atomic E-state index is 15.3. The van der Waals surface area contributed by atoms with Gasteiger partial charge in [-0.15, -0.1) is 17.2 Å². The van der Waals surface area contributed by atoms with Gasteiger partial charge in [-0.2, -0.15) is 0 Å². The first-order valence-corrected chi connectivity index (χ1v) is 35.8. The molecule has 2 heterocycles. The SMILES string of the molecule is CC(C)(C)c1cc2c([O-])c(c1)Cc1cc(C(C)(C)C)cc(c1[O-])Cc1cc(C(C)(C)C)cc3c1O[Si](C)(c1ccccc1)Oc1c(cc(C(C)(C)C)cc1C3)Cc1cc(C(C)(C)C)cc(c1[O-])C2.CS(C)=O.CS(C)=O.CS(C)=O.[Bi+3]. The Morgan fingerprint density at radius 1 is 0.358 bits per heavy atom. The monoisotopic (exact) mass is 1370 g/mol. The molecule has 0 fully saturated rings. The smallest absolute Gasteiger partial charge is 0.872 e. The van der Waals surface area contributed by atoms with Crippen LogP contribution in [-0.2, 0) is 91.6 Å². The Hall–Kier alpha value is -4.13. The average molecular weight is 1370 g/mol. The van der Waals surface area contributed by atoms with Gasteiger partial charge < -0.3 is 24.2 Å². The molecule has 0 atom stereocenters. The van der Waals surface area contributed by atoms with Crippen molar-refractivity contribution in [3.8, 4) is 28.7 Å². The van der Waals surface area contributed by atoms with Gasteiger partial charge in [-0.3, -0.25) is 12.6 Å². The minimum atomic E-state index is -3.42. The molecule has 12 bridgehead atoms. The van der Waals surface area contributed by atoms with Gasteiger partial charge in [0.2, 0.25) is 0 Å². The first-order valence-electron chi connectivity index (χ1n) is 27.6.